The Morgan fingerprint density at radius 1 is 1.15 bits per heavy atom. The van der Waals surface area contributed by atoms with E-state index < -0.39 is 5.60 Å². The first kappa shape index (κ1) is 21.9. The number of nitrogens with zero attached hydrogens (tertiary/aromatic N) is 4. The standard InChI is InChI=1S/C24H21FN6O2/c1-24(2,33-25)15-27-22(32)17-8-5-7-16(12-17)19-10-11-21-29-23(30-31(21)14-19)28-20-9-4-3-6-18(20)13-26/h3-12,14H,15H2,1-2H3,(H,27,32)(H,28,30). The number of aromatic nitrogens is 3. The molecule has 4 aromatic rings. The minimum Gasteiger partial charge on any atom is -0.349 e. The topological polar surface area (TPSA) is 104 Å². The van der Waals surface area contributed by atoms with Crippen molar-refractivity contribution in [3.63, 3.8) is 0 Å². The number of pyridine rings is 1. The molecule has 0 aliphatic carbocycles. The number of rotatable bonds is 7. The van der Waals surface area contributed by atoms with Gasteiger partial charge in [0.2, 0.25) is 5.95 Å². The molecular formula is C24H21FN6O2. The number of carbonyl (C=O) groups excluding carboxylic acids is 1. The third kappa shape index (κ3) is 4.97. The summed E-state index contributed by atoms with van der Waals surface area (Å²) in [6.45, 7) is 3.11. The van der Waals surface area contributed by atoms with E-state index in [1.54, 1.807) is 61.0 Å². The van der Waals surface area contributed by atoms with E-state index in [2.05, 4.69) is 31.7 Å². The van der Waals surface area contributed by atoms with Crippen LogP contribution in [-0.2, 0) is 4.94 Å². The molecule has 33 heavy (non-hydrogen) atoms. The molecule has 0 unspecified atom stereocenters. The van der Waals surface area contributed by atoms with Crippen LogP contribution in [0.2, 0.25) is 0 Å². The molecule has 0 aliphatic rings. The molecule has 8 nitrogen and oxygen atoms in total. The zero-order chi connectivity index (χ0) is 23.4. The number of halogens is 1. The molecule has 2 N–H and O–H groups in total. The van der Waals surface area contributed by atoms with E-state index in [1.807, 2.05) is 24.3 Å². The van der Waals surface area contributed by atoms with Gasteiger partial charge in [0.25, 0.3) is 5.91 Å². The van der Waals surface area contributed by atoms with Gasteiger partial charge in [0.1, 0.15) is 11.7 Å². The summed E-state index contributed by atoms with van der Waals surface area (Å²) in [7, 11) is 0. The molecule has 2 aromatic heterocycles. The summed E-state index contributed by atoms with van der Waals surface area (Å²) in [5.74, 6) is 0.0344. The molecule has 0 aliphatic heterocycles. The van der Waals surface area contributed by atoms with Crippen LogP contribution in [0.15, 0.2) is 66.9 Å². The zero-order valence-corrected chi connectivity index (χ0v) is 18.0. The molecule has 0 bridgehead atoms. The Kier molecular flexibility index (Phi) is 6.02. The largest absolute Gasteiger partial charge is 0.349 e. The average molecular weight is 444 g/mol. The van der Waals surface area contributed by atoms with Crippen LogP contribution in [0.5, 0.6) is 0 Å². The second kappa shape index (κ2) is 9.06. The summed E-state index contributed by atoms with van der Waals surface area (Å²) in [6.07, 6.45) is 1.81. The Morgan fingerprint density at radius 2 is 1.97 bits per heavy atom. The molecule has 0 spiro atoms. The van der Waals surface area contributed by atoms with Gasteiger partial charge in [-0.25, -0.2) is 4.52 Å². The lowest BCUT2D eigenvalue weighted by Crippen LogP contribution is -2.39. The van der Waals surface area contributed by atoms with Gasteiger partial charge in [-0.3, -0.25) is 4.79 Å². The molecule has 0 fully saturated rings. The Labute approximate surface area is 189 Å². The summed E-state index contributed by atoms with van der Waals surface area (Å²) in [4.78, 5) is 20.8. The van der Waals surface area contributed by atoms with Crippen LogP contribution in [0.4, 0.5) is 16.2 Å². The highest BCUT2D eigenvalue weighted by Gasteiger charge is 2.21. The van der Waals surface area contributed by atoms with Crippen LogP contribution in [-0.4, -0.2) is 32.7 Å². The highest BCUT2D eigenvalue weighted by atomic mass is 19.3. The summed E-state index contributed by atoms with van der Waals surface area (Å²) in [5, 5.41) is 19.5. The van der Waals surface area contributed by atoms with Gasteiger partial charge in [-0.15, -0.1) is 5.10 Å². The minimum atomic E-state index is -1.11. The lowest BCUT2D eigenvalue weighted by Gasteiger charge is -2.19. The lowest BCUT2D eigenvalue weighted by molar-refractivity contribution is -0.219. The van der Waals surface area contributed by atoms with Crippen molar-refractivity contribution >= 4 is 23.2 Å². The Hall–Kier alpha value is -4.29. The quantitative estimate of drug-likeness (QED) is 0.437. The third-order valence-electron chi connectivity index (χ3n) is 4.97. The first-order chi connectivity index (χ1) is 15.9. The predicted molar refractivity (Wildman–Crippen MR) is 121 cm³/mol. The summed E-state index contributed by atoms with van der Waals surface area (Å²) in [5.41, 5.74) is 2.72. The maximum absolute atomic E-state index is 12.5. The normalized spacial score (nSPS) is 11.2. The van der Waals surface area contributed by atoms with E-state index in [0.717, 1.165) is 11.1 Å². The van der Waals surface area contributed by atoms with Crippen molar-refractivity contribution in [3.8, 4) is 17.2 Å². The highest BCUT2D eigenvalue weighted by Crippen LogP contribution is 2.23. The predicted octanol–water partition coefficient (Wildman–Crippen LogP) is 4.42. The molecule has 4 rings (SSSR count). The zero-order valence-electron chi connectivity index (χ0n) is 18.0. The summed E-state index contributed by atoms with van der Waals surface area (Å²) in [6, 6.07) is 20.0. The van der Waals surface area contributed by atoms with E-state index in [4.69, 9.17) is 0 Å². The molecule has 2 aromatic carbocycles. The molecule has 0 radical (unpaired) electrons. The van der Waals surface area contributed by atoms with Gasteiger partial charge < -0.3 is 10.6 Å². The Bertz CT molecular complexity index is 1360. The number of amides is 1. The molecule has 1 amide bonds. The number of carbonyl (C=O) groups is 1. The smallest absolute Gasteiger partial charge is 0.251 e. The van der Waals surface area contributed by atoms with Gasteiger partial charge in [0.05, 0.1) is 11.3 Å². The van der Waals surface area contributed by atoms with E-state index in [9.17, 15) is 14.6 Å². The number of hydrogen-bond donors (Lipinski definition) is 2. The fourth-order valence-electron chi connectivity index (χ4n) is 3.18. The second-order valence-corrected chi connectivity index (χ2v) is 8.04. The second-order valence-electron chi connectivity index (χ2n) is 8.04. The molecule has 0 saturated heterocycles. The third-order valence-corrected chi connectivity index (χ3v) is 4.97. The van der Waals surface area contributed by atoms with Gasteiger partial charge in [-0.2, -0.15) is 15.2 Å². The van der Waals surface area contributed by atoms with Gasteiger partial charge in [-0.1, -0.05) is 24.3 Å². The molecule has 0 atom stereocenters. The van der Waals surface area contributed by atoms with Crippen molar-refractivity contribution < 1.29 is 14.3 Å². The van der Waals surface area contributed by atoms with E-state index >= 15 is 0 Å². The van der Waals surface area contributed by atoms with Crippen molar-refractivity contribution in [3.05, 3.63) is 78.0 Å². The summed E-state index contributed by atoms with van der Waals surface area (Å²) < 4.78 is 14.1. The number of nitrogens with one attached hydrogen (secondary N) is 2. The van der Waals surface area contributed by atoms with Crippen LogP contribution >= 0.6 is 0 Å². The lowest BCUT2D eigenvalue weighted by atomic mass is 10.0. The van der Waals surface area contributed by atoms with Crippen LogP contribution in [0.3, 0.4) is 0 Å². The van der Waals surface area contributed by atoms with Crippen LogP contribution in [0, 0.1) is 11.3 Å². The first-order valence-corrected chi connectivity index (χ1v) is 10.2. The van der Waals surface area contributed by atoms with Gasteiger partial charge in [0, 0.05) is 23.9 Å². The molecule has 166 valence electrons. The van der Waals surface area contributed by atoms with Crippen molar-refractivity contribution in [1.82, 2.24) is 19.9 Å². The monoisotopic (exact) mass is 444 g/mol. The number of hydrogen-bond acceptors (Lipinski definition) is 6. The Morgan fingerprint density at radius 3 is 2.76 bits per heavy atom. The van der Waals surface area contributed by atoms with Crippen molar-refractivity contribution in [2.24, 2.45) is 0 Å². The van der Waals surface area contributed by atoms with Crippen molar-refractivity contribution in [1.29, 1.82) is 5.26 Å². The van der Waals surface area contributed by atoms with E-state index in [1.165, 1.54) is 0 Å². The molecule has 0 saturated carbocycles. The fourth-order valence-corrected chi connectivity index (χ4v) is 3.18. The van der Waals surface area contributed by atoms with Crippen LogP contribution in [0.25, 0.3) is 16.8 Å². The maximum atomic E-state index is 12.5. The van der Waals surface area contributed by atoms with E-state index in [-0.39, 0.29) is 12.5 Å². The highest BCUT2D eigenvalue weighted by molar-refractivity contribution is 5.95. The van der Waals surface area contributed by atoms with Gasteiger partial charge >= 0.3 is 0 Å². The van der Waals surface area contributed by atoms with Gasteiger partial charge in [0.15, 0.2) is 5.65 Å². The van der Waals surface area contributed by atoms with Crippen LogP contribution < -0.4 is 10.6 Å². The molecular weight excluding hydrogens is 423 g/mol. The maximum Gasteiger partial charge on any atom is 0.251 e. The number of anilines is 2. The Balaban J connectivity index is 1.56. The molecule has 2 heterocycles. The van der Waals surface area contributed by atoms with Gasteiger partial charge in [-0.05, 0) is 60.3 Å². The molecule has 9 heteroatoms. The SMILES string of the molecule is CC(C)(CNC(=O)c1cccc(-c2ccc3nc(Nc4ccccc4C#N)nn3c2)c1)OF. The average Bonchev–Trinajstić information content (AvgIpc) is 3.24. The van der Waals surface area contributed by atoms with E-state index in [0.29, 0.717) is 28.4 Å². The number of nitriles is 1. The van der Waals surface area contributed by atoms with Crippen LogP contribution in [0.1, 0.15) is 29.8 Å². The number of para-hydroxylation sites is 1. The van der Waals surface area contributed by atoms with Crippen molar-refractivity contribution in [2.75, 3.05) is 11.9 Å². The fraction of sp³-hybridized carbons (Fsp3) is 0.167. The first-order valence-electron chi connectivity index (χ1n) is 10.2. The number of fused-ring (bicyclic) bond motifs is 1. The minimum absolute atomic E-state index is 0.0299. The van der Waals surface area contributed by atoms with Crippen molar-refractivity contribution in [2.45, 2.75) is 19.4 Å². The number of benzene rings is 2. The summed E-state index contributed by atoms with van der Waals surface area (Å²) >= 11 is 0.